The third-order valence-electron chi connectivity index (χ3n) is 6.32. The second-order valence-electron chi connectivity index (χ2n) is 9.28. The predicted octanol–water partition coefficient (Wildman–Crippen LogP) is 4.73. The molecule has 5 rings (SSSR count). The number of aromatic amines is 1. The maximum Gasteiger partial charge on any atom is 0.218 e. The zero-order valence-corrected chi connectivity index (χ0v) is 24.4. The van der Waals surface area contributed by atoms with E-state index in [0.29, 0.717) is 46.9 Å². The Morgan fingerprint density at radius 2 is 1.92 bits per heavy atom. The van der Waals surface area contributed by atoms with E-state index in [0.717, 1.165) is 21.7 Å². The Bertz CT molecular complexity index is 1540. The minimum atomic E-state index is -3.36. The van der Waals surface area contributed by atoms with Crippen molar-refractivity contribution < 1.29 is 17.9 Å². The first kappa shape index (κ1) is 27.4. The summed E-state index contributed by atoms with van der Waals surface area (Å²) >= 11 is 5.10. The van der Waals surface area contributed by atoms with Crippen LogP contribution in [-0.4, -0.2) is 64.9 Å². The van der Waals surface area contributed by atoms with Gasteiger partial charge in [-0.3, -0.25) is 4.79 Å². The molecule has 10 nitrogen and oxygen atoms in total. The van der Waals surface area contributed by atoms with Gasteiger partial charge in [0.05, 0.1) is 15.1 Å². The summed E-state index contributed by atoms with van der Waals surface area (Å²) < 4.78 is 33.9. The number of H-pyrrole nitrogens is 1. The Balaban J connectivity index is 1.28. The summed E-state index contributed by atoms with van der Waals surface area (Å²) in [5, 5.41) is 17.7. The maximum atomic E-state index is 12.9. The summed E-state index contributed by atoms with van der Waals surface area (Å²) in [6, 6.07) is 17.4. The van der Waals surface area contributed by atoms with Crippen LogP contribution in [0.25, 0.3) is 21.1 Å². The molecule has 1 saturated heterocycles. The monoisotopic (exact) mass is 630 g/mol. The number of nitrogens with zero attached hydrogens (tertiary/aromatic N) is 4. The van der Waals surface area contributed by atoms with E-state index in [4.69, 9.17) is 4.74 Å². The SMILES string of the molecule is CC(=O)COc1c(-c2nnn[nH]2)sc(-c2cccc(NC3CCN(S(=O)(=O)Cc4ccccc4)CC3)c2)c1Br. The van der Waals surface area contributed by atoms with Crippen LogP contribution in [0.4, 0.5) is 5.69 Å². The van der Waals surface area contributed by atoms with Gasteiger partial charge in [-0.2, -0.15) is 0 Å². The number of carbonyl (C=O) groups excluding carboxylic acids is 1. The molecule has 3 heterocycles. The number of nitrogens with one attached hydrogen (secondary N) is 2. The number of hydrogen-bond donors (Lipinski definition) is 2. The molecule has 4 aromatic rings. The van der Waals surface area contributed by atoms with Crippen molar-refractivity contribution in [3.05, 3.63) is 64.6 Å². The van der Waals surface area contributed by atoms with E-state index in [9.17, 15) is 13.2 Å². The van der Waals surface area contributed by atoms with Gasteiger partial charge in [0, 0.05) is 24.8 Å². The van der Waals surface area contributed by atoms with Crippen molar-refractivity contribution in [2.45, 2.75) is 31.6 Å². The van der Waals surface area contributed by atoms with Crippen molar-refractivity contribution in [1.29, 1.82) is 0 Å². The number of ketones is 1. The molecular formula is C26H27BrN6O4S2. The van der Waals surface area contributed by atoms with E-state index < -0.39 is 10.0 Å². The topological polar surface area (TPSA) is 130 Å². The van der Waals surface area contributed by atoms with E-state index in [1.807, 2.05) is 54.6 Å². The van der Waals surface area contributed by atoms with Crippen LogP contribution in [0.5, 0.6) is 5.75 Å². The van der Waals surface area contributed by atoms with Crippen LogP contribution in [0.3, 0.4) is 0 Å². The molecule has 0 spiro atoms. The number of carbonyl (C=O) groups is 1. The second-order valence-corrected chi connectivity index (χ2v) is 13.1. The zero-order valence-electron chi connectivity index (χ0n) is 21.1. The highest BCUT2D eigenvalue weighted by atomic mass is 79.9. The summed E-state index contributed by atoms with van der Waals surface area (Å²) in [6.07, 6.45) is 1.43. The highest BCUT2D eigenvalue weighted by Gasteiger charge is 2.28. The third kappa shape index (κ3) is 6.55. The lowest BCUT2D eigenvalue weighted by Crippen LogP contribution is -2.42. The molecular weight excluding hydrogens is 604 g/mol. The number of hydrogen-bond acceptors (Lipinski definition) is 9. The van der Waals surface area contributed by atoms with E-state index >= 15 is 0 Å². The van der Waals surface area contributed by atoms with E-state index in [1.54, 1.807) is 4.31 Å². The molecule has 1 fully saturated rings. The van der Waals surface area contributed by atoms with Gasteiger partial charge in [0.1, 0.15) is 11.5 Å². The number of ether oxygens (including phenoxy) is 1. The lowest BCUT2D eigenvalue weighted by atomic mass is 10.1. The fourth-order valence-corrected chi connectivity index (χ4v) is 7.98. The number of sulfonamides is 1. The van der Waals surface area contributed by atoms with Gasteiger partial charge in [0.15, 0.2) is 17.4 Å². The Hall–Kier alpha value is -3.13. The minimum absolute atomic E-state index is 0.0217. The van der Waals surface area contributed by atoms with Crippen molar-refractivity contribution in [2.75, 3.05) is 25.0 Å². The van der Waals surface area contributed by atoms with Crippen LogP contribution in [0.2, 0.25) is 0 Å². The van der Waals surface area contributed by atoms with Gasteiger partial charge >= 0.3 is 0 Å². The summed E-state index contributed by atoms with van der Waals surface area (Å²) in [4.78, 5) is 13.2. The molecule has 2 aromatic heterocycles. The van der Waals surface area contributed by atoms with E-state index in [1.165, 1.54) is 18.3 Å². The number of anilines is 1. The van der Waals surface area contributed by atoms with Crippen molar-refractivity contribution in [2.24, 2.45) is 0 Å². The Kier molecular flexibility index (Phi) is 8.40. The van der Waals surface area contributed by atoms with Gasteiger partial charge in [-0.05, 0) is 69.4 Å². The van der Waals surface area contributed by atoms with Crippen molar-refractivity contribution >= 4 is 48.8 Å². The molecule has 204 valence electrons. The molecule has 13 heteroatoms. The number of benzene rings is 2. The molecule has 0 saturated carbocycles. The highest BCUT2D eigenvalue weighted by Crippen LogP contribution is 2.49. The number of aromatic nitrogens is 4. The minimum Gasteiger partial charge on any atom is -0.483 e. The van der Waals surface area contributed by atoms with Gasteiger partial charge in [-0.15, -0.1) is 16.4 Å². The number of thiophene rings is 1. The molecule has 0 unspecified atom stereocenters. The molecule has 0 bridgehead atoms. The van der Waals surface area contributed by atoms with Gasteiger partial charge in [0.25, 0.3) is 0 Å². The first-order valence-corrected chi connectivity index (χ1v) is 15.6. The van der Waals surface area contributed by atoms with Crippen molar-refractivity contribution in [1.82, 2.24) is 24.9 Å². The maximum absolute atomic E-state index is 12.9. The number of piperidine rings is 1. The Morgan fingerprint density at radius 3 is 2.62 bits per heavy atom. The average molecular weight is 632 g/mol. The number of halogens is 1. The second kappa shape index (κ2) is 11.9. The number of rotatable bonds is 10. The highest BCUT2D eigenvalue weighted by molar-refractivity contribution is 9.10. The van der Waals surface area contributed by atoms with E-state index in [-0.39, 0.29) is 24.2 Å². The molecule has 0 radical (unpaired) electrons. The summed E-state index contributed by atoms with van der Waals surface area (Å²) in [5.74, 6) is 0.884. The fourth-order valence-electron chi connectivity index (χ4n) is 4.44. The number of tetrazole rings is 1. The average Bonchev–Trinajstić information content (AvgIpc) is 3.56. The van der Waals surface area contributed by atoms with Crippen LogP contribution in [-0.2, 0) is 20.6 Å². The Morgan fingerprint density at radius 1 is 1.15 bits per heavy atom. The van der Waals surface area contributed by atoms with Crippen LogP contribution in [0, 0.1) is 0 Å². The van der Waals surface area contributed by atoms with Crippen LogP contribution in [0.15, 0.2) is 59.1 Å². The van der Waals surface area contributed by atoms with Crippen LogP contribution >= 0.6 is 27.3 Å². The molecule has 39 heavy (non-hydrogen) atoms. The number of Topliss-reactive ketones (excluding diaryl/α,β-unsaturated/α-hetero) is 1. The quantitative estimate of drug-likeness (QED) is 0.257. The lowest BCUT2D eigenvalue weighted by molar-refractivity contribution is -0.118. The van der Waals surface area contributed by atoms with Gasteiger partial charge in [-0.25, -0.2) is 17.8 Å². The molecule has 1 aliphatic rings. The summed E-state index contributed by atoms with van der Waals surface area (Å²) in [7, 11) is -3.36. The molecule has 0 amide bonds. The van der Waals surface area contributed by atoms with Gasteiger partial charge in [-0.1, -0.05) is 42.5 Å². The fraction of sp³-hybridized carbons (Fsp3) is 0.308. The third-order valence-corrected chi connectivity index (χ3v) is 10.4. The first-order valence-electron chi connectivity index (χ1n) is 12.4. The van der Waals surface area contributed by atoms with Crippen LogP contribution < -0.4 is 10.1 Å². The zero-order chi connectivity index (χ0) is 27.4. The first-order chi connectivity index (χ1) is 18.8. The molecule has 2 N–H and O–H groups in total. The lowest BCUT2D eigenvalue weighted by Gasteiger charge is -2.32. The normalized spacial score (nSPS) is 14.8. The molecule has 2 aromatic carbocycles. The van der Waals surface area contributed by atoms with Gasteiger partial charge < -0.3 is 10.1 Å². The predicted molar refractivity (Wildman–Crippen MR) is 154 cm³/mol. The summed E-state index contributed by atoms with van der Waals surface area (Å²) in [5.41, 5.74) is 2.69. The Labute approximate surface area is 239 Å². The van der Waals surface area contributed by atoms with Gasteiger partial charge in [0.2, 0.25) is 10.0 Å². The van der Waals surface area contributed by atoms with E-state index in [2.05, 4.69) is 41.9 Å². The largest absolute Gasteiger partial charge is 0.483 e. The standard InChI is InChI=1S/C26H27BrN6O4S2/c1-17(34)15-37-23-22(27)24(38-25(23)26-29-31-32-30-26)19-8-5-9-21(14-19)28-20-10-12-33(13-11-20)39(35,36)16-18-6-3-2-4-7-18/h2-9,14,20,28H,10-13,15-16H2,1H3,(H,29,30,31,32). The molecule has 0 atom stereocenters. The summed E-state index contributed by atoms with van der Waals surface area (Å²) in [6.45, 7) is 2.36. The van der Waals surface area contributed by atoms with Crippen molar-refractivity contribution in [3.63, 3.8) is 0 Å². The molecule has 1 aliphatic heterocycles. The van der Waals surface area contributed by atoms with Crippen LogP contribution in [0.1, 0.15) is 25.3 Å². The van der Waals surface area contributed by atoms with Crippen molar-refractivity contribution in [3.8, 4) is 26.9 Å². The smallest absolute Gasteiger partial charge is 0.218 e. The molecule has 0 aliphatic carbocycles.